The summed E-state index contributed by atoms with van der Waals surface area (Å²) < 4.78 is 22.3. The number of nitrogens with one attached hydrogen (secondary N) is 2. The van der Waals surface area contributed by atoms with E-state index in [2.05, 4.69) is 10.6 Å². The minimum Gasteiger partial charge on any atom is -0.383 e. The molecule has 0 bridgehead atoms. The highest BCUT2D eigenvalue weighted by molar-refractivity contribution is 7.90. The highest BCUT2D eigenvalue weighted by Gasteiger charge is 2.19. The Balaban J connectivity index is 2.93. The minimum absolute atomic E-state index is 0.0982. The van der Waals surface area contributed by atoms with Gasteiger partial charge in [0.25, 0.3) is 11.6 Å². The maximum Gasteiger partial charge on any atom is 0.293 e. The second kappa shape index (κ2) is 6.53. The number of hydrogen-bond acceptors (Lipinski definition) is 6. The first-order valence-electron chi connectivity index (χ1n) is 6.09. The van der Waals surface area contributed by atoms with E-state index in [1.165, 1.54) is 19.2 Å². The number of anilines is 1. The summed E-state index contributed by atoms with van der Waals surface area (Å²) in [5, 5.41) is 16.1. The lowest BCUT2D eigenvalue weighted by Gasteiger charge is -2.13. The zero-order valence-electron chi connectivity index (χ0n) is 11.9. The molecule has 0 heterocycles. The van der Waals surface area contributed by atoms with Gasteiger partial charge in [-0.3, -0.25) is 14.9 Å². The van der Waals surface area contributed by atoms with Gasteiger partial charge in [-0.25, -0.2) is 8.42 Å². The zero-order valence-corrected chi connectivity index (χ0v) is 12.7. The van der Waals surface area contributed by atoms with E-state index >= 15 is 0 Å². The van der Waals surface area contributed by atoms with Crippen LogP contribution in [0.25, 0.3) is 0 Å². The van der Waals surface area contributed by atoms with Crippen molar-refractivity contribution in [2.45, 2.75) is 13.0 Å². The molecular weight excluding hydrogens is 298 g/mol. The molecule has 0 spiro atoms. The van der Waals surface area contributed by atoms with Gasteiger partial charge in [-0.05, 0) is 19.1 Å². The summed E-state index contributed by atoms with van der Waals surface area (Å²) in [6.07, 6.45) is 1.07. The van der Waals surface area contributed by atoms with Crippen LogP contribution in [0.1, 0.15) is 17.3 Å². The van der Waals surface area contributed by atoms with Crippen molar-refractivity contribution in [1.82, 2.24) is 5.32 Å². The molecule has 2 N–H and O–H groups in total. The lowest BCUT2D eigenvalue weighted by molar-refractivity contribution is -0.384. The molecule has 0 aliphatic rings. The topological polar surface area (TPSA) is 118 Å². The molecule has 0 radical (unpaired) electrons. The van der Waals surface area contributed by atoms with Crippen LogP contribution >= 0.6 is 0 Å². The van der Waals surface area contributed by atoms with Crippen LogP contribution in [0, 0.1) is 10.1 Å². The van der Waals surface area contributed by atoms with Gasteiger partial charge in [-0.2, -0.15) is 0 Å². The molecule has 21 heavy (non-hydrogen) atoms. The fourth-order valence-corrected chi connectivity index (χ4v) is 2.83. The molecule has 0 fully saturated rings. The van der Waals surface area contributed by atoms with E-state index in [9.17, 15) is 23.3 Å². The maximum atomic E-state index is 12.0. The van der Waals surface area contributed by atoms with Crippen molar-refractivity contribution in [3.63, 3.8) is 0 Å². The molecule has 1 rings (SSSR count). The Morgan fingerprint density at radius 1 is 1.43 bits per heavy atom. The quantitative estimate of drug-likeness (QED) is 0.592. The number of nitro benzene ring substituents is 1. The monoisotopic (exact) mass is 315 g/mol. The van der Waals surface area contributed by atoms with Gasteiger partial charge in [-0.1, -0.05) is 0 Å². The third-order valence-electron chi connectivity index (χ3n) is 2.66. The first-order valence-corrected chi connectivity index (χ1v) is 8.15. The van der Waals surface area contributed by atoms with Gasteiger partial charge >= 0.3 is 0 Å². The van der Waals surface area contributed by atoms with Gasteiger partial charge in [0.2, 0.25) is 0 Å². The van der Waals surface area contributed by atoms with Crippen LogP contribution in [0.3, 0.4) is 0 Å². The van der Waals surface area contributed by atoms with Gasteiger partial charge in [0.1, 0.15) is 15.5 Å². The van der Waals surface area contributed by atoms with Crippen molar-refractivity contribution in [2.24, 2.45) is 0 Å². The predicted octanol–water partition coefficient (Wildman–Crippen LogP) is 0.799. The van der Waals surface area contributed by atoms with E-state index in [-0.39, 0.29) is 17.0 Å². The van der Waals surface area contributed by atoms with Crippen molar-refractivity contribution in [2.75, 3.05) is 24.4 Å². The average molecular weight is 315 g/mol. The minimum atomic E-state index is -3.22. The summed E-state index contributed by atoms with van der Waals surface area (Å²) >= 11 is 0. The van der Waals surface area contributed by atoms with Crippen molar-refractivity contribution in [3.05, 3.63) is 33.9 Å². The molecule has 0 aliphatic carbocycles. The van der Waals surface area contributed by atoms with E-state index in [1.807, 2.05) is 0 Å². The molecule has 0 aliphatic heterocycles. The average Bonchev–Trinajstić information content (AvgIpc) is 2.35. The maximum absolute atomic E-state index is 12.0. The number of carbonyl (C=O) groups excluding carboxylic acids is 1. The van der Waals surface area contributed by atoms with E-state index in [0.717, 1.165) is 12.3 Å². The number of nitrogens with zero attached hydrogens (tertiary/aromatic N) is 1. The summed E-state index contributed by atoms with van der Waals surface area (Å²) in [5.41, 5.74) is 0.169. The summed E-state index contributed by atoms with van der Waals surface area (Å²) in [5.74, 6) is -0.757. The predicted molar refractivity (Wildman–Crippen MR) is 79.3 cm³/mol. The third kappa shape index (κ3) is 5.03. The number of rotatable bonds is 6. The Hall–Kier alpha value is -2.16. The van der Waals surface area contributed by atoms with Crippen LogP contribution in [0.5, 0.6) is 0 Å². The van der Waals surface area contributed by atoms with Gasteiger partial charge in [0, 0.05) is 31.0 Å². The Morgan fingerprint density at radius 3 is 2.52 bits per heavy atom. The molecule has 8 nitrogen and oxygen atoms in total. The fraction of sp³-hybridized carbons (Fsp3) is 0.417. The van der Waals surface area contributed by atoms with Gasteiger partial charge in [0.15, 0.2) is 0 Å². The molecule has 1 unspecified atom stereocenters. The molecule has 0 saturated carbocycles. The Kier molecular flexibility index (Phi) is 5.25. The summed E-state index contributed by atoms with van der Waals surface area (Å²) in [6.45, 7) is 1.55. The smallest absolute Gasteiger partial charge is 0.293 e. The third-order valence-corrected chi connectivity index (χ3v) is 3.76. The number of nitro groups is 1. The second-order valence-electron chi connectivity index (χ2n) is 4.71. The highest BCUT2D eigenvalue weighted by Crippen LogP contribution is 2.24. The van der Waals surface area contributed by atoms with Crippen LogP contribution in [-0.2, 0) is 9.84 Å². The van der Waals surface area contributed by atoms with Crippen molar-refractivity contribution < 1.29 is 18.1 Å². The van der Waals surface area contributed by atoms with Crippen LogP contribution in [0.2, 0.25) is 0 Å². The summed E-state index contributed by atoms with van der Waals surface area (Å²) in [4.78, 5) is 22.3. The highest BCUT2D eigenvalue weighted by atomic mass is 32.2. The molecular formula is C12H17N3O5S. The molecule has 1 atom stereocenters. The molecule has 9 heteroatoms. The Labute approximate surface area is 122 Å². The molecule has 116 valence electrons. The number of hydrogen-bond donors (Lipinski definition) is 2. The molecule has 0 saturated heterocycles. The lowest BCUT2D eigenvalue weighted by atomic mass is 10.1. The van der Waals surface area contributed by atoms with E-state index < -0.39 is 26.7 Å². The first-order chi connectivity index (χ1) is 9.64. The van der Waals surface area contributed by atoms with Gasteiger partial charge < -0.3 is 10.6 Å². The normalized spacial score (nSPS) is 12.5. The first kappa shape index (κ1) is 16.9. The Morgan fingerprint density at radius 2 is 2.05 bits per heavy atom. The van der Waals surface area contributed by atoms with E-state index in [0.29, 0.717) is 5.69 Å². The molecule has 0 aromatic heterocycles. The standard InChI is InChI=1S/C12H17N3O5S/c1-8(7-21(3,19)20)14-12(16)9-4-5-10(13-2)11(6-9)15(17)18/h4-6,8,13H,7H2,1-3H3,(H,14,16). The molecule has 1 aromatic carbocycles. The number of amides is 1. The summed E-state index contributed by atoms with van der Waals surface area (Å²) in [7, 11) is -1.68. The summed E-state index contributed by atoms with van der Waals surface area (Å²) in [6, 6.07) is 3.42. The fourth-order valence-electron chi connectivity index (χ4n) is 1.84. The van der Waals surface area contributed by atoms with E-state index in [1.54, 1.807) is 6.92 Å². The van der Waals surface area contributed by atoms with Crippen molar-refractivity contribution in [1.29, 1.82) is 0 Å². The van der Waals surface area contributed by atoms with Gasteiger partial charge in [0.05, 0.1) is 10.7 Å². The van der Waals surface area contributed by atoms with Crippen LogP contribution in [-0.4, -0.2) is 44.3 Å². The molecule has 1 amide bonds. The zero-order chi connectivity index (χ0) is 16.2. The van der Waals surface area contributed by atoms with Crippen LogP contribution < -0.4 is 10.6 Å². The largest absolute Gasteiger partial charge is 0.383 e. The number of sulfone groups is 1. The number of benzene rings is 1. The molecule has 1 aromatic rings. The van der Waals surface area contributed by atoms with Crippen LogP contribution in [0.4, 0.5) is 11.4 Å². The van der Waals surface area contributed by atoms with E-state index in [4.69, 9.17) is 0 Å². The SMILES string of the molecule is CNc1ccc(C(=O)NC(C)CS(C)(=O)=O)cc1[N+](=O)[O-]. The van der Waals surface area contributed by atoms with Crippen molar-refractivity contribution in [3.8, 4) is 0 Å². The second-order valence-corrected chi connectivity index (χ2v) is 6.89. The van der Waals surface area contributed by atoms with Crippen LogP contribution in [0.15, 0.2) is 18.2 Å². The van der Waals surface area contributed by atoms with Crippen molar-refractivity contribution >= 4 is 27.1 Å². The number of carbonyl (C=O) groups is 1. The van der Waals surface area contributed by atoms with Gasteiger partial charge in [-0.15, -0.1) is 0 Å². The Bertz CT molecular complexity index is 657. The lowest BCUT2D eigenvalue weighted by Crippen LogP contribution is -2.37.